The molecule has 1 atom stereocenters. The summed E-state index contributed by atoms with van der Waals surface area (Å²) in [5.41, 5.74) is 0.790. The van der Waals surface area contributed by atoms with Gasteiger partial charge < -0.3 is 0 Å². The number of hydrogen-bond acceptors (Lipinski definition) is 6. The Kier molecular flexibility index (Phi) is 4.26. The molecule has 3 rings (SSSR count). The molecule has 0 N–H and O–H groups in total. The van der Waals surface area contributed by atoms with Crippen LogP contribution in [0.2, 0.25) is 0 Å². The Labute approximate surface area is 134 Å². The number of benzene rings is 1. The second-order valence-corrected chi connectivity index (χ2v) is 6.85. The molecule has 0 spiro atoms. The molecule has 0 radical (unpaired) electrons. The summed E-state index contributed by atoms with van der Waals surface area (Å²) in [5.74, 6) is -0.532. The van der Waals surface area contributed by atoms with Gasteiger partial charge in [-0.3, -0.25) is 14.9 Å². The molecular formula is C15H12N2O3S2. The van der Waals surface area contributed by atoms with Gasteiger partial charge in [0.25, 0.3) is 0 Å². The topological polar surface area (TPSA) is 73.1 Å². The van der Waals surface area contributed by atoms with Crippen LogP contribution in [-0.2, 0) is 0 Å². The number of aromatic nitrogens is 1. The number of rotatable bonds is 6. The number of carbonyl (C=O) groups is 1. The number of ketones is 1. The fourth-order valence-electron chi connectivity index (χ4n) is 2.26. The molecule has 0 saturated heterocycles. The lowest BCUT2D eigenvalue weighted by molar-refractivity contribution is -0.483. The zero-order chi connectivity index (χ0) is 15.5. The van der Waals surface area contributed by atoms with Crippen molar-refractivity contribution >= 4 is 38.7 Å². The van der Waals surface area contributed by atoms with E-state index >= 15 is 0 Å². The van der Waals surface area contributed by atoms with Crippen LogP contribution in [-0.4, -0.2) is 22.2 Å². The Hall–Kier alpha value is -2.12. The van der Waals surface area contributed by atoms with Gasteiger partial charge in [0.2, 0.25) is 6.54 Å². The third kappa shape index (κ3) is 3.20. The van der Waals surface area contributed by atoms with Crippen molar-refractivity contribution in [2.45, 2.75) is 12.3 Å². The number of nitrogens with zero attached hydrogens (tertiary/aromatic N) is 2. The van der Waals surface area contributed by atoms with Gasteiger partial charge in [-0.15, -0.1) is 22.7 Å². The van der Waals surface area contributed by atoms with Crippen LogP contribution in [0.5, 0.6) is 0 Å². The number of fused-ring (bicyclic) bond motifs is 1. The zero-order valence-corrected chi connectivity index (χ0v) is 13.1. The van der Waals surface area contributed by atoms with Gasteiger partial charge in [0, 0.05) is 16.2 Å². The lowest BCUT2D eigenvalue weighted by atomic mass is 10.0. The van der Waals surface area contributed by atoms with Gasteiger partial charge in [0.1, 0.15) is 0 Å². The molecule has 3 aromatic rings. The third-order valence-electron chi connectivity index (χ3n) is 3.28. The first kappa shape index (κ1) is 14.8. The average Bonchev–Trinajstić information content (AvgIpc) is 3.15. The molecule has 0 aliphatic heterocycles. The van der Waals surface area contributed by atoms with Gasteiger partial charge >= 0.3 is 0 Å². The van der Waals surface area contributed by atoms with Crippen LogP contribution >= 0.6 is 22.7 Å². The molecule has 7 heteroatoms. The second kappa shape index (κ2) is 6.33. The Balaban J connectivity index is 1.82. The van der Waals surface area contributed by atoms with E-state index in [1.165, 1.54) is 22.7 Å². The van der Waals surface area contributed by atoms with E-state index in [2.05, 4.69) is 4.98 Å². The minimum atomic E-state index is -0.394. The van der Waals surface area contributed by atoms with Gasteiger partial charge in [0.15, 0.2) is 10.8 Å². The van der Waals surface area contributed by atoms with E-state index in [-0.39, 0.29) is 23.7 Å². The van der Waals surface area contributed by atoms with Crippen LogP contribution in [0.1, 0.15) is 27.0 Å². The van der Waals surface area contributed by atoms with E-state index in [1.54, 1.807) is 0 Å². The highest BCUT2D eigenvalue weighted by atomic mass is 32.1. The Morgan fingerprint density at radius 3 is 2.77 bits per heavy atom. The Bertz CT molecular complexity index is 778. The number of nitro groups is 1. The summed E-state index contributed by atoms with van der Waals surface area (Å²) in [5, 5.41) is 13.1. The minimum absolute atomic E-state index is 0.112. The first-order valence-electron chi connectivity index (χ1n) is 6.67. The molecule has 2 aromatic heterocycles. The number of thiazole rings is 1. The van der Waals surface area contributed by atoms with E-state index in [4.69, 9.17) is 0 Å². The SMILES string of the molecule is O=C(C[C@H](C[N+](=O)[O-])c1cccs1)c1nc2ccccc2s1. The van der Waals surface area contributed by atoms with E-state index in [0.717, 1.165) is 15.1 Å². The maximum absolute atomic E-state index is 12.4. The monoisotopic (exact) mass is 332 g/mol. The largest absolute Gasteiger partial charge is 0.291 e. The van der Waals surface area contributed by atoms with Crippen molar-refractivity contribution in [3.63, 3.8) is 0 Å². The molecule has 0 unspecified atom stereocenters. The van der Waals surface area contributed by atoms with Crippen LogP contribution < -0.4 is 0 Å². The van der Waals surface area contributed by atoms with Gasteiger partial charge in [-0.25, -0.2) is 4.98 Å². The molecule has 0 aliphatic carbocycles. The molecule has 5 nitrogen and oxygen atoms in total. The van der Waals surface area contributed by atoms with Crippen molar-refractivity contribution in [3.8, 4) is 0 Å². The molecular weight excluding hydrogens is 320 g/mol. The number of hydrogen-bond donors (Lipinski definition) is 0. The Morgan fingerprint density at radius 2 is 2.09 bits per heavy atom. The molecule has 0 aliphatic rings. The zero-order valence-electron chi connectivity index (χ0n) is 11.5. The normalized spacial score (nSPS) is 12.4. The Morgan fingerprint density at radius 1 is 1.27 bits per heavy atom. The highest BCUT2D eigenvalue weighted by Crippen LogP contribution is 2.28. The molecule has 0 bridgehead atoms. The van der Waals surface area contributed by atoms with Crippen LogP contribution in [0, 0.1) is 10.1 Å². The number of para-hydroxylation sites is 1. The predicted octanol–water partition coefficient (Wildman–Crippen LogP) is 3.99. The molecule has 0 amide bonds. The molecule has 0 saturated carbocycles. The van der Waals surface area contributed by atoms with Crippen LogP contribution in [0.4, 0.5) is 0 Å². The highest BCUT2D eigenvalue weighted by Gasteiger charge is 2.24. The summed E-state index contributed by atoms with van der Waals surface area (Å²) < 4.78 is 0.952. The van der Waals surface area contributed by atoms with E-state index < -0.39 is 5.92 Å². The standard InChI is InChI=1S/C15H12N2O3S2/c18-12(15-16-11-4-1-2-5-14(11)22-15)8-10(9-17(19)20)13-6-3-7-21-13/h1-7,10H,8-9H2/t10-/m1/s1. The quantitative estimate of drug-likeness (QED) is 0.389. The van der Waals surface area contributed by atoms with Crippen LogP contribution in [0.25, 0.3) is 10.2 Å². The first-order valence-corrected chi connectivity index (χ1v) is 8.37. The first-order chi connectivity index (χ1) is 10.6. The van der Waals surface area contributed by atoms with E-state index in [1.807, 2.05) is 41.8 Å². The fraction of sp³-hybridized carbons (Fsp3) is 0.200. The van der Waals surface area contributed by atoms with Gasteiger partial charge in [-0.1, -0.05) is 18.2 Å². The fourth-order valence-corrected chi connectivity index (χ4v) is 4.00. The molecule has 1 aromatic carbocycles. The van der Waals surface area contributed by atoms with E-state index in [0.29, 0.717) is 5.01 Å². The summed E-state index contributed by atoms with van der Waals surface area (Å²) in [6.45, 7) is -0.239. The van der Waals surface area contributed by atoms with Crippen molar-refractivity contribution in [1.82, 2.24) is 4.98 Å². The lowest BCUT2D eigenvalue weighted by Crippen LogP contribution is -2.15. The van der Waals surface area contributed by atoms with Crippen molar-refractivity contribution in [1.29, 1.82) is 0 Å². The second-order valence-electron chi connectivity index (χ2n) is 4.84. The highest BCUT2D eigenvalue weighted by molar-refractivity contribution is 7.20. The molecule has 112 valence electrons. The van der Waals surface area contributed by atoms with Crippen LogP contribution in [0.3, 0.4) is 0 Å². The van der Waals surface area contributed by atoms with Crippen molar-refractivity contribution in [2.24, 2.45) is 0 Å². The van der Waals surface area contributed by atoms with Crippen molar-refractivity contribution < 1.29 is 9.72 Å². The lowest BCUT2D eigenvalue weighted by Gasteiger charge is -2.08. The molecule has 2 heterocycles. The maximum atomic E-state index is 12.4. The smallest absolute Gasteiger partial charge is 0.211 e. The average molecular weight is 332 g/mol. The van der Waals surface area contributed by atoms with Gasteiger partial charge in [0.05, 0.1) is 16.1 Å². The van der Waals surface area contributed by atoms with E-state index in [9.17, 15) is 14.9 Å². The summed E-state index contributed by atoms with van der Waals surface area (Å²) >= 11 is 2.78. The maximum Gasteiger partial charge on any atom is 0.211 e. The molecule has 22 heavy (non-hydrogen) atoms. The summed E-state index contributed by atoms with van der Waals surface area (Å²) in [7, 11) is 0. The number of thiophene rings is 1. The summed E-state index contributed by atoms with van der Waals surface area (Å²) in [6, 6.07) is 11.2. The minimum Gasteiger partial charge on any atom is -0.291 e. The summed E-state index contributed by atoms with van der Waals surface area (Å²) in [4.78, 5) is 28.1. The van der Waals surface area contributed by atoms with Crippen LogP contribution in [0.15, 0.2) is 41.8 Å². The van der Waals surface area contributed by atoms with Crippen molar-refractivity contribution in [3.05, 3.63) is 61.8 Å². The number of carbonyl (C=O) groups excluding carboxylic acids is 1. The van der Waals surface area contributed by atoms with Crippen molar-refractivity contribution in [2.75, 3.05) is 6.54 Å². The van der Waals surface area contributed by atoms with Gasteiger partial charge in [-0.2, -0.15) is 0 Å². The predicted molar refractivity (Wildman–Crippen MR) is 87.5 cm³/mol. The van der Waals surface area contributed by atoms with Gasteiger partial charge in [-0.05, 0) is 23.6 Å². The third-order valence-corrected chi connectivity index (χ3v) is 5.39. The molecule has 0 fully saturated rings. The summed E-state index contributed by atoms with van der Waals surface area (Å²) in [6.07, 6.45) is 0.112. The number of Topliss-reactive ketones (excluding diaryl/α,β-unsaturated/α-hetero) is 1.